The van der Waals surface area contributed by atoms with Crippen molar-refractivity contribution in [2.24, 2.45) is 0 Å². The summed E-state index contributed by atoms with van der Waals surface area (Å²) in [6.07, 6.45) is 0.266. The first-order chi connectivity index (χ1) is 5.67. The molecule has 6 N–H and O–H groups in total. The first kappa shape index (κ1) is 16.5. The molecule has 0 fully saturated rings. The summed E-state index contributed by atoms with van der Waals surface area (Å²) >= 11 is 0. The van der Waals surface area contributed by atoms with Crippen molar-refractivity contribution in [2.45, 2.75) is 45.3 Å². The molecule has 88 valence electrons. The van der Waals surface area contributed by atoms with Crippen LogP contribution in [0.15, 0.2) is 0 Å². The smallest absolute Gasteiger partial charge is 0.388 e. The molecule has 0 aliphatic carbocycles. The van der Waals surface area contributed by atoms with Gasteiger partial charge in [-0.05, 0) is 20.3 Å². The standard InChI is InChI=1S/C7H17O5P.H3N/c1-4-5-6(7(2,3)8)12-13(9,10)11;/h6,8H,4-5H2,1-3H3,(H2,9,10,11);1H3. The average molecular weight is 229 g/mol. The Balaban J connectivity index is 0. The summed E-state index contributed by atoms with van der Waals surface area (Å²) in [5, 5.41) is 9.50. The maximum absolute atomic E-state index is 10.5. The lowest BCUT2D eigenvalue weighted by Crippen LogP contribution is -2.37. The highest BCUT2D eigenvalue weighted by Gasteiger charge is 2.32. The minimum Gasteiger partial charge on any atom is -0.388 e. The zero-order valence-electron chi connectivity index (χ0n) is 8.80. The van der Waals surface area contributed by atoms with Crippen molar-refractivity contribution in [3.8, 4) is 0 Å². The largest absolute Gasteiger partial charge is 0.469 e. The predicted molar refractivity (Wildman–Crippen MR) is 53.1 cm³/mol. The highest BCUT2D eigenvalue weighted by atomic mass is 31.2. The van der Waals surface area contributed by atoms with E-state index in [0.29, 0.717) is 12.8 Å². The van der Waals surface area contributed by atoms with Crippen LogP contribution < -0.4 is 6.15 Å². The third-order valence-electron chi connectivity index (χ3n) is 1.60. The van der Waals surface area contributed by atoms with Crippen LogP contribution >= 0.6 is 7.82 Å². The van der Waals surface area contributed by atoms with Crippen molar-refractivity contribution in [3.05, 3.63) is 0 Å². The Morgan fingerprint density at radius 2 is 1.86 bits per heavy atom. The SMILES string of the molecule is CCCC(OP(=O)(O)O)C(C)(C)O.N. The molecular weight excluding hydrogens is 209 g/mol. The Bertz CT molecular complexity index is 197. The fourth-order valence-electron chi connectivity index (χ4n) is 0.963. The van der Waals surface area contributed by atoms with Gasteiger partial charge in [0.25, 0.3) is 0 Å². The van der Waals surface area contributed by atoms with Crippen molar-refractivity contribution in [2.75, 3.05) is 0 Å². The van der Waals surface area contributed by atoms with Crippen LogP contribution in [0.25, 0.3) is 0 Å². The second kappa shape index (κ2) is 5.80. The summed E-state index contributed by atoms with van der Waals surface area (Å²) in [5.74, 6) is 0. The molecule has 0 bridgehead atoms. The van der Waals surface area contributed by atoms with E-state index in [0.717, 1.165) is 0 Å². The number of rotatable bonds is 5. The maximum atomic E-state index is 10.5. The predicted octanol–water partition coefficient (Wildman–Crippen LogP) is 1.20. The van der Waals surface area contributed by atoms with Gasteiger partial charge in [-0.1, -0.05) is 13.3 Å². The fraction of sp³-hybridized carbons (Fsp3) is 1.00. The van der Waals surface area contributed by atoms with E-state index in [1.165, 1.54) is 13.8 Å². The van der Waals surface area contributed by atoms with E-state index in [-0.39, 0.29) is 6.15 Å². The molecule has 14 heavy (non-hydrogen) atoms. The Labute approximate surface area is 84.1 Å². The molecule has 0 aromatic carbocycles. The van der Waals surface area contributed by atoms with Crippen LogP contribution in [0.1, 0.15) is 33.6 Å². The summed E-state index contributed by atoms with van der Waals surface area (Å²) in [6, 6.07) is 0. The number of phosphoric acid groups is 1. The quantitative estimate of drug-likeness (QED) is 0.525. The number of hydrogen-bond donors (Lipinski definition) is 4. The maximum Gasteiger partial charge on any atom is 0.469 e. The van der Waals surface area contributed by atoms with E-state index in [2.05, 4.69) is 4.52 Å². The molecule has 0 saturated carbocycles. The van der Waals surface area contributed by atoms with Gasteiger partial charge in [0.15, 0.2) is 0 Å². The third kappa shape index (κ3) is 7.44. The van der Waals surface area contributed by atoms with Gasteiger partial charge in [0.05, 0.1) is 11.7 Å². The molecule has 1 atom stereocenters. The molecular formula is C7H20NO5P. The normalized spacial score (nSPS) is 14.7. The molecule has 6 nitrogen and oxygen atoms in total. The molecule has 7 heteroatoms. The van der Waals surface area contributed by atoms with Gasteiger partial charge in [-0.3, -0.25) is 4.52 Å². The van der Waals surface area contributed by atoms with Crippen LogP contribution in [-0.2, 0) is 9.09 Å². The van der Waals surface area contributed by atoms with Gasteiger partial charge < -0.3 is 21.0 Å². The zero-order chi connectivity index (χ0) is 10.7. The number of hydrogen-bond acceptors (Lipinski definition) is 4. The van der Waals surface area contributed by atoms with Crippen molar-refractivity contribution >= 4 is 7.82 Å². The van der Waals surface area contributed by atoms with Crippen molar-refractivity contribution in [1.29, 1.82) is 0 Å². The molecule has 0 aromatic heterocycles. The van der Waals surface area contributed by atoms with Gasteiger partial charge in [-0.2, -0.15) is 0 Å². The fourth-order valence-corrected chi connectivity index (χ4v) is 1.66. The molecule has 0 aliphatic heterocycles. The highest BCUT2D eigenvalue weighted by Crippen LogP contribution is 2.40. The Hall–Kier alpha value is 0.0300. The topological polar surface area (TPSA) is 122 Å². The second-order valence-corrected chi connectivity index (χ2v) is 4.72. The molecule has 0 saturated heterocycles. The van der Waals surface area contributed by atoms with Crippen LogP contribution in [0.5, 0.6) is 0 Å². The van der Waals surface area contributed by atoms with Gasteiger partial charge >= 0.3 is 7.82 Å². The summed E-state index contributed by atoms with van der Waals surface area (Å²) in [7, 11) is -4.51. The summed E-state index contributed by atoms with van der Waals surface area (Å²) < 4.78 is 15.0. The van der Waals surface area contributed by atoms with Crippen molar-refractivity contribution in [3.63, 3.8) is 0 Å². The lowest BCUT2D eigenvalue weighted by atomic mass is 9.98. The van der Waals surface area contributed by atoms with Crippen LogP contribution in [0.3, 0.4) is 0 Å². The first-order valence-corrected chi connectivity index (χ1v) is 5.66. The third-order valence-corrected chi connectivity index (χ3v) is 2.13. The molecule has 1 unspecified atom stereocenters. The molecule has 0 spiro atoms. The van der Waals surface area contributed by atoms with Gasteiger partial charge in [0, 0.05) is 0 Å². The Morgan fingerprint density at radius 1 is 1.43 bits per heavy atom. The lowest BCUT2D eigenvalue weighted by molar-refractivity contribution is -0.0490. The van der Waals surface area contributed by atoms with Crippen LogP contribution in [-0.4, -0.2) is 26.6 Å². The van der Waals surface area contributed by atoms with E-state index in [9.17, 15) is 9.67 Å². The molecule has 0 radical (unpaired) electrons. The van der Waals surface area contributed by atoms with E-state index < -0.39 is 19.5 Å². The van der Waals surface area contributed by atoms with Gasteiger partial charge in [0.1, 0.15) is 0 Å². The summed E-state index contributed by atoms with van der Waals surface area (Å²) in [6.45, 7) is 4.77. The molecule has 0 heterocycles. The Kier molecular flexibility index (Phi) is 6.82. The first-order valence-electron chi connectivity index (χ1n) is 4.13. The van der Waals surface area contributed by atoms with Gasteiger partial charge in [-0.25, -0.2) is 4.57 Å². The van der Waals surface area contributed by atoms with Crippen LogP contribution in [0.4, 0.5) is 0 Å². The van der Waals surface area contributed by atoms with E-state index in [4.69, 9.17) is 9.79 Å². The van der Waals surface area contributed by atoms with E-state index in [1.54, 1.807) is 0 Å². The van der Waals surface area contributed by atoms with E-state index in [1.807, 2.05) is 6.92 Å². The second-order valence-electron chi connectivity index (χ2n) is 3.53. The van der Waals surface area contributed by atoms with E-state index >= 15 is 0 Å². The minimum absolute atomic E-state index is 0. The van der Waals surface area contributed by atoms with Crippen molar-refractivity contribution in [1.82, 2.24) is 6.15 Å². The number of aliphatic hydroxyl groups is 1. The van der Waals surface area contributed by atoms with Crippen molar-refractivity contribution < 1.29 is 24.0 Å². The highest BCUT2D eigenvalue weighted by molar-refractivity contribution is 7.46. The van der Waals surface area contributed by atoms with Crippen LogP contribution in [0.2, 0.25) is 0 Å². The summed E-state index contributed by atoms with van der Waals surface area (Å²) in [4.78, 5) is 17.1. The lowest BCUT2D eigenvalue weighted by Gasteiger charge is -2.28. The number of phosphoric ester groups is 1. The van der Waals surface area contributed by atoms with Gasteiger partial charge in [0.2, 0.25) is 0 Å². The minimum atomic E-state index is -4.51. The van der Waals surface area contributed by atoms with Crippen LogP contribution in [0, 0.1) is 0 Å². The Morgan fingerprint density at radius 3 is 2.07 bits per heavy atom. The summed E-state index contributed by atoms with van der Waals surface area (Å²) in [5.41, 5.74) is -1.24. The molecule has 0 aliphatic rings. The molecule has 0 amide bonds. The zero-order valence-corrected chi connectivity index (χ0v) is 9.70. The molecule has 0 aromatic rings. The van der Waals surface area contributed by atoms with Gasteiger partial charge in [-0.15, -0.1) is 0 Å². The average Bonchev–Trinajstić information content (AvgIpc) is 1.81. The monoisotopic (exact) mass is 229 g/mol. The molecule has 0 rings (SSSR count).